The molecule has 0 aromatic heterocycles. The highest BCUT2D eigenvalue weighted by Crippen LogP contribution is 2.35. The van der Waals surface area contributed by atoms with Crippen LogP contribution in [-0.2, 0) is 11.3 Å². The fourth-order valence-corrected chi connectivity index (χ4v) is 3.02. The largest absolute Gasteiger partial charge is 0.481 e. The summed E-state index contributed by atoms with van der Waals surface area (Å²) in [6, 6.07) is 12.8. The van der Waals surface area contributed by atoms with Crippen LogP contribution in [0.3, 0.4) is 0 Å². The summed E-state index contributed by atoms with van der Waals surface area (Å²) in [5, 5.41) is 10.7. The van der Waals surface area contributed by atoms with E-state index in [2.05, 4.69) is 0 Å². The maximum absolute atomic E-state index is 14.0. The molecule has 1 amide bonds. The lowest BCUT2D eigenvalue weighted by atomic mass is 10.1. The number of hydrogen-bond acceptors (Lipinski definition) is 4. The van der Waals surface area contributed by atoms with Crippen LogP contribution < -0.4 is 4.74 Å². The van der Waals surface area contributed by atoms with E-state index in [4.69, 9.17) is 4.74 Å². The molecule has 7 heteroatoms. The minimum atomic E-state index is -0.859. The first kappa shape index (κ1) is 18.8. The zero-order chi connectivity index (χ0) is 19.4. The van der Waals surface area contributed by atoms with Gasteiger partial charge in [0.05, 0.1) is 11.0 Å². The SMILES string of the molecule is CC(C1CC1)N(Cc1ccccc1)C(=O)COc1ccc([N+](=O)[O-])cc1F. The minimum Gasteiger partial charge on any atom is -0.481 e. The third-order valence-corrected chi connectivity index (χ3v) is 4.79. The van der Waals surface area contributed by atoms with Gasteiger partial charge in [-0.25, -0.2) is 4.39 Å². The molecule has 0 radical (unpaired) electrons. The molecule has 1 aliphatic rings. The van der Waals surface area contributed by atoms with E-state index >= 15 is 0 Å². The number of non-ortho nitro benzene ring substituents is 1. The summed E-state index contributed by atoms with van der Waals surface area (Å²) in [5.74, 6) is -0.792. The van der Waals surface area contributed by atoms with Crippen molar-refractivity contribution in [1.82, 2.24) is 4.90 Å². The van der Waals surface area contributed by atoms with Crippen LogP contribution in [0.15, 0.2) is 48.5 Å². The summed E-state index contributed by atoms with van der Waals surface area (Å²) in [5.41, 5.74) is 0.652. The molecule has 0 bridgehead atoms. The van der Waals surface area contributed by atoms with Gasteiger partial charge in [-0.3, -0.25) is 14.9 Å². The Morgan fingerprint density at radius 3 is 2.59 bits per heavy atom. The molecule has 27 heavy (non-hydrogen) atoms. The van der Waals surface area contributed by atoms with E-state index in [0.29, 0.717) is 12.5 Å². The highest BCUT2D eigenvalue weighted by atomic mass is 19.1. The molecule has 6 nitrogen and oxygen atoms in total. The quantitative estimate of drug-likeness (QED) is 0.520. The summed E-state index contributed by atoms with van der Waals surface area (Å²) >= 11 is 0. The molecular weight excluding hydrogens is 351 g/mol. The van der Waals surface area contributed by atoms with Crippen molar-refractivity contribution < 1.29 is 18.8 Å². The van der Waals surface area contributed by atoms with E-state index in [1.54, 1.807) is 4.90 Å². The molecule has 0 spiro atoms. The summed E-state index contributed by atoms with van der Waals surface area (Å²) in [6.07, 6.45) is 2.19. The Morgan fingerprint density at radius 2 is 2.00 bits per heavy atom. The third-order valence-electron chi connectivity index (χ3n) is 4.79. The first-order valence-electron chi connectivity index (χ1n) is 8.86. The molecule has 0 aliphatic heterocycles. The van der Waals surface area contributed by atoms with Crippen molar-refractivity contribution in [3.05, 3.63) is 70.0 Å². The third kappa shape index (κ3) is 4.81. The van der Waals surface area contributed by atoms with Gasteiger partial charge < -0.3 is 9.64 Å². The smallest absolute Gasteiger partial charge is 0.272 e. The Bertz CT molecular complexity index is 824. The zero-order valence-electron chi connectivity index (χ0n) is 15.0. The summed E-state index contributed by atoms with van der Waals surface area (Å²) in [6.45, 7) is 2.16. The second-order valence-corrected chi connectivity index (χ2v) is 6.75. The van der Waals surface area contributed by atoms with E-state index in [1.807, 2.05) is 37.3 Å². The van der Waals surface area contributed by atoms with Crippen molar-refractivity contribution in [3.8, 4) is 5.75 Å². The fraction of sp³-hybridized carbons (Fsp3) is 0.350. The Labute approximate surface area is 156 Å². The molecule has 1 atom stereocenters. The van der Waals surface area contributed by atoms with Gasteiger partial charge in [0.25, 0.3) is 11.6 Å². The summed E-state index contributed by atoms with van der Waals surface area (Å²) < 4.78 is 19.3. The number of benzene rings is 2. The standard InChI is InChI=1S/C20H21FN2O4/c1-14(16-7-8-16)22(12-15-5-3-2-4-6-15)20(24)13-27-19-10-9-17(23(25)26)11-18(19)21/h2-6,9-11,14,16H,7-8,12-13H2,1H3. The fourth-order valence-electron chi connectivity index (χ4n) is 3.02. The van der Waals surface area contributed by atoms with Gasteiger partial charge in [0.1, 0.15) is 0 Å². The highest BCUT2D eigenvalue weighted by molar-refractivity contribution is 5.78. The second kappa shape index (κ2) is 8.16. The predicted octanol–water partition coefficient (Wildman–Crippen LogP) is 3.94. The maximum Gasteiger partial charge on any atom is 0.272 e. The number of nitrogens with zero attached hydrogens (tertiary/aromatic N) is 2. The van der Waals surface area contributed by atoms with Crippen molar-refractivity contribution in [1.29, 1.82) is 0 Å². The lowest BCUT2D eigenvalue weighted by Gasteiger charge is -2.29. The van der Waals surface area contributed by atoms with Gasteiger partial charge in [0.15, 0.2) is 18.2 Å². The van der Waals surface area contributed by atoms with Crippen molar-refractivity contribution >= 4 is 11.6 Å². The van der Waals surface area contributed by atoms with Gasteiger partial charge in [-0.15, -0.1) is 0 Å². The Morgan fingerprint density at radius 1 is 1.30 bits per heavy atom. The molecule has 2 aromatic carbocycles. The molecule has 142 valence electrons. The highest BCUT2D eigenvalue weighted by Gasteiger charge is 2.34. The van der Waals surface area contributed by atoms with Gasteiger partial charge in [0, 0.05) is 18.7 Å². The second-order valence-electron chi connectivity index (χ2n) is 6.75. The van der Waals surface area contributed by atoms with Gasteiger partial charge in [0.2, 0.25) is 0 Å². The zero-order valence-corrected chi connectivity index (χ0v) is 15.0. The van der Waals surface area contributed by atoms with Crippen molar-refractivity contribution in [2.75, 3.05) is 6.61 Å². The van der Waals surface area contributed by atoms with Crippen LogP contribution in [0.2, 0.25) is 0 Å². The molecule has 0 N–H and O–H groups in total. The van der Waals surface area contributed by atoms with Crippen LogP contribution in [0.5, 0.6) is 5.75 Å². The van der Waals surface area contributed by atoms with E-state index in [-0.39, 0.29) is 30.0 Å². The number of hydrogen-bond donors (Lipinski definition) is 0. The average molecular weight is 372 g/mol. The molecule has 3 rings (SSSR count). The summed E-state index contributed by atoms with van der Waals surface area (Å²) in [7, 11) is 0. The molecule has 0 saturated heterocycles. The number of ether oxygens (including phenoxy) is 1. The van der Waals surface area contributed by atoms with Crippen LogP contribution in [0.4, 0.5) is 10.1 Å². The van der Waals surface area contributed by atoms with Gasteiger partial charge in [-0.2, -0.15) is 0 Å². The van der Waals surface area contributed by atoms with Crippen LogP contribution in [0, 0.1) is 21.8 Å². The number of amides is 1. The topological polar surface area (TPSA) is 72.7 Å². The Kier molecular flexibility index (Phi) is 5.69. The lowest BCUT2D eigenvalue weighted by Crippen LogP contribution is -2.42. The maximum atomic E-state index is 14.0. The van der Waals surface area contributed by atoms with E-state index in [1.165, 1.54) is 6.07 Å². The molecule has 0 heterocycles. The number of carbonyl (C=O) groups excluding carboxylic acids is 1. The van der Waals surface area contributed by atoms with Gasteiger partial charge >= 0.3 is 0 Å². The van der Waals surface area contributed by atoms with Crippen LogP contribution >= 0.6 is 0 Å². The van der Waals surface area contributed by atoms with Crippen molar-refractivity contribution in [2.24, 2.45) is 5.92 Å². The molecule has 1 aliphatic carbocycles. The van der Waals surface area contributed by atoms with Crippen molar-refractivity contribution in [2.45, 2.75) is 32.4 Å². The van der Waals surface area contributed by atoms with Crippen molar-refractivity contribution in [3.63, 3.8) is 0 Å². The first-order valence-corrected chi connectivity index (χ1v) is 8.86. The Hall–Kier alpha value is -2.96. The van der Waals surface area contributed by atoms with Gasteiger partial charge in [-0.05, 0) is 37.3 Å². The number of halogens is 1. The lowest BCUT2D eigenvalue weighted by molar-refractivity contribution is -0.385. The average Bonchev–Trinajstić information content (AvgIpc) is 3.50. The van der Waals surface area contributed by atoms with Crippen LogP contribution in [-0.4, -0.2) is 28.4 Å². The van der Waals surface area contributed by atoms with Crippen LogP contribution in [0.1, 0.15) is 25.3 Å². The predicted molar refractivity (Wildman–Crippen MR) is 97.7 cm³/mol. The van der Waals surface area contributed by atoms with E-state index in [0.717, 1.165) is 30.5 Å². The molecule has 1 saturated carbocycles. The van der Waals surface area contributed by atoms with E-state index in [9.17, 15) is 19.3 Å². The molecule has 1 unspecified atom stereocenters. The first-order chi connectivity index (χ1) is 13.0. The summed E-state index contributed by atoms with van der Waals surface area (Å²) in [4.78, 5) is 24.5. The monoisotopic (exact) mass is 372 g/mol. The molecule has 2 aromatic rings. The molecule has 1 fully saturated rings. The van der Waals surface area contributed by atoms with E-state index < -0.39 is 10.7 Å². The molecular formula is C20H21FN2O4. The van der Waals surface area contributed by atoms with Gasteiger partial charge in [-0.1, -0.05) is 30.3 Å². The number of nitro groups is 1. The number of rotatable bonds is 8. The number of nitro benzene ring substituents is 1. The normalized spacial score (nSPS) is 14.4. The Balaban J connectivity index is 1.68. The minimum absolute atomic E-state index is 0.0722. The number of carbonyl (C=O) groups is 1. The van der Waals surface area contributed by atoms with Crippen LogP contribution in [0.25, 0.3) is 0 Å².